The van der Waals surface area contributed by atoms with Crippen LogP contribution in [0.25, 0.3) is 0 Å². The van der Waals surface area contributed by atoms with Crippen molar-refractivity contribution in [3.63, 3.8) is 0 Å². The third kappa shape index (κ3) is 3.67. The Morgan fingerprint density at radius 1 is 1.38 bits per heavy atom. The molecule has 2 aromatic rings. The second-order valence-electron chi connectivity index (χ2n) is 4.17. The number of anilines is 1. The van der Waals surface area contributed by atoms with E-state index in [2.05, 4.69) is 10.3 Å². The van der Waals surface area contributed by atoms with Crippen molar-refractivity contribution in [3.05, 3.63) is 62.8 Å². The summed E-state index contributed by atoms with van der Waals surface area (Å²) in [6.07, 6.45) is 0. The van der Waals surface area contributed by atoms with Crippen LogP contribution in [-0.4, -0.2) is 15.8 Å². The average molecular weight is 307 g/mol. The number of nitrogen functional groups attached to an aromatic ring is 1. The van der Waals surface area contributed by atoms with Crippen LogP contribution in [0.5, 0.6) is 0 Å². The monoisotopic (exact) mass is 306 g/mol. The van der Waals surface area contributed by atoms with Gasteiger partial charge in [-0.2, -0.15) is 0 Å². The Morgan fingerprint density at radius 3 is 2.76 bits per heavy atom. The quantitative estimate of drug-likeness (QED) is 0.511. The number of rotatable bonds is 4. The van der Waals surface area contributed by atoms with Crippen molar-refractivity contribution in [2.75, 3.05) is 5.73 Å². The van der Waals surface area contributed by atoms with Gasteiger partial charge in [-0.1, -0.05) is 29.8 Å². The van der Waals surface area contributed by atoms with E-state index in [0.29, 0.717) is 5.56 Å². The van der Waals surface area contributed by atoms with Crippen molar-refractivity contribution in [2.24, 2.45) is 0 Å². The summed E-state index contributed by atoms with van der Waals surface area (Å²) < 4.78 is 0. The van der Waals surface area contributed by atoms with Crippen molar-refractivity contribution in [1.82, 2.24) is 10.3 Å². The number of pyridine rings is 1. The average Bonchev–Trinajstić information content (AvgIpc) is 2.43. The minimum absolute atomic E-state index is 0.0236. The van der Waals surface area contributed by atoms with Crippen molar-refractivity contribution < 1.29 is 9.72 Å². The standard InChI is InChI=1S/C13H11ClN4O3/c14-11-5-9(6-12(15)17-11)13(19)16-7-8-3-1-2-4-10(8)18(20)21/h1-6H,7H2,(H2,15,17)(H,16,19). The number of nitrogens with zero attached hydrogens (tertiary/aromatic N) is 2. The molecule has 0 aliphatic rings. The fraction of sp³-hybridized carbons (Fsp3) is 0.0769. The highest BCUT2D eigenvalue weighted by Gasteiger charge is 2.14. The molecule has 2 rings (SSSR count). The Bertz CT molecular complexity index is 685. The van der Waals surface area contributed by atoms with Gasteiger partial charge >= 0.3 is 0 Å². The Kier molecular flexibility index (Phi) is 4.34. The molecule has 8 heteroatoms. The number of nitro benzene ring substituents is 1. The molecule has 1 amide bonds. The van der Waals surface area contributed by atoms with Crippen molar-refractivity contribution >= 4 is 29.0 Å². The molecule has 0 bridgehead atoms. The number of hydrogen-bond donors (Lipinski definition) is 2. The van der Waals surface area contributed by atoms with E-state index in [-0.39, 0.29) is 28.8 Å². The lowest BCUT2D eigenvalue weighted by atomic mass is 10.1. The van der Waals surface area contributed by atoms with E-state index in [0.717, 1.165) is 0 Å². The van der Waals surface area contributed by atoms with Crippen molar-refractivity contribution in [3.8, 4) is 0 Å². The van der Waals surface area contributed by atoms with Gasteiger partial charge in [0.2, 0.25) is 0 Å². The molecule has 0 atom stereocenters. The van der Waals surface area contributed by atoms with E-state index in [1.807, 2.05) is 0 Å². The normalized spacial score (nSPS) is 10.1. The molecule has 7 nitrogen and oxygen atoms in total. The minimum Gasteiger partial charge on any atom is -0.384 e. The first-order chi connectivity index (χ1) is 9.97. The number of nitrogens with one attached hydrogen (secondary N) is 1. The van der Waals surface area contributed by atoms with E-state index in [1.165, 1.54) is 18.2 Å². The van der Waals surface area contributed by atoms with Gasteiger partial charge in [-0.25, -0.2) is 4.98 Å². The second kappa shape index (κ2) is 6.19. The summed E-state index contributed by atoms with van der Waals surface area (Å²) in [4.78, 5) is 26.1. The zero-order valence-electron chi connectivity index (χ0n) is 10.7. The van der Waals surface area contributed by atoms with Crippen molar-refractivity contribution in [1.29, 1.82) is 0 Å². The van der Waals surface area contributed by atoms with Crippen molar-refractivity contribution in [2.45, 2.75) is 6.54 Å². The first kappa shape index (κ1) is 14.7. The number of benzene rings is 1. The first-order valence-corrected chi connectivity index (χ1v) is 6.28. The van der Waals surface area contributed by atoms with Crippen LogP contribution in [-0.2, 0) is 6.54 Å². The SMILES string of the molecule is Nc1cc(C(=O)NCc2ccccc2[N+](=O)[O-])cc(Cl)n1. The summed E-state index contributed by atoms with van der Waals surface area (Å²) in [5.74, 6) is -0.317. The molecular weight excluding hydrogens is 296 g/mol. The van der Waals surface area contributed by atoms with Crippen LogP contribution in [0.1, 0.15) is 15.9 Å². The number of halogens is 1. The van der Waals surface area contributed by atoms with E-state index in [9.17, 15) is 14.9 Å². The van der Waals surface area contributed by atoms with Gasteiger partial charge in [0.15, 0.2) is 0 Å². The number of nitro groups is 1. The molecule has 0 fully saturated rings. The number of aromatic nitrogens is 1. The molecule has 0 saturated heterocycles. The van der Waals surface area contributed by atoms with Gasteiger partial charge in [0.1, 0.15) is 11.0 Å². The van der Waals surface area contributed by atoms with Gasteiger partial charge in [-0.3, -0.25) is 14.9 Å². The van der Waals surface area contributed by atoms with Crippen LogP contribution in [0.4, 0.5) is 11.5 Å². The summed E-state index contributed by atoms with van der Waals surface area (Å²) in [6, 6.07) is 8.92. The fourth-order valence-corrected chi connectivity index (χ4v) is 1.98. The number of carbonyl (C=O) groups excluding carboxylic acids is 1. The minimum atomic E-state index is -0.497. The third-order valence-corrected chi connectivity index (χ3v) is 2.90. The van der Waals surface area contributed by atoms with E-state index >= 15 is 0 Å². The third-order valence-electron chi connectivity index (χ3n) is 2.70. The molecular formula is C13H11ClN4O3. The highest BCUT2D eigenvalue weighted by atomic mass is 35.5. The van der Waals surface area contributed by atoms with Crippen LogP contribution in [0, 0.1) is 10.1 Å². The van der Waals surface area contributed by atoms with E-state index in [1.54, 1.807) is 18.2 Å². The fourth-order valence-electron chi connectivity index (χ4n) is 1.76. The lowest BCUT2D eigenvalue weighted by molar-refractivity contribution is -0.385. The number of para-hydroxylation sites is 1. The van der Waals surface area contributed by atoms with Gasteiger partial charge in [0, 0.05) is 23.7 Å². The van der Waals surface area contributed by atoms with Crippen LogP contribution in [0.15, 0.2) is 36.4 Å². The molecule has 1 heterocycles. The van der Waals surface area contributed by atoms with Gasteiger partial charge in [-0.05, 0) is 12.1 Å². The molecule has 0 aliphatic heterocycles. The van der Waals surface area contributed by atoms with Gasteiger partial charge in [-0.15, -0.1) is 0 Å². The first-order valence-electron chi connectivity index (χ1n) is 5.91. The molecule has 0 radical (unpaired) electrons. The van der Waals surface area contributed by atoms with E-state index < -0.39 is 10.8 Å². The number of carbonyl (C=O) groups is 1. The summed E-state index contributed by atoms with van der Waals surface area (Å²) in [5.41, 5.74) is 6.10. The topological polar surface area (TPSA) is 111 Å². The molecule has 108 valence electrons. The molecule has 0 unspecified atom stereocenters. The second-order valence-corrected chi connectivity index (χ2v) is 4.56. The Morgan fingerprint density at radius 2 is 2.10 bits per heavy atom. The Labute approximate surface area is 124 Å². The van der Waals surface area contributed by atoms with Gasteiger partial charge in [0.25, 0.3) is 11.6 Å². The van der Waals surface area contributed by atoms with Crippen LogP contribution in [0.2, 0.25) is 5.15 Å². The summed E-state index contributed by atoms with van der Waals surface area (Å²) in [5, 5.41) is 13.6. The maximum absolute atomic E-state index is 12.0. The Hall–Kier alpha value is -2.67. The summed E-state index contributed by atoms with van der Waals surface area (Å²) >= 11 is 5.72. The van der Waals surface area contributed by atoms with Gasteiger partial charge in [0.05, 0.1) is 4.92 Å². The molecule has 0 aliphatic carbocycles. The predicted octanol–water partition coefficient (Wildman–Crippen LogP) is 2.16. The van der Waals surface area contributed by atoms with Crippen LogP contribution < -0.4 is 11.1 Å². The zero-order valence-corrected chi connectivity index (χ0v) is 11.5. The summed E-state index contributed by atoms with van der Waals surface area (Å²) in [7, 11) is 0. The molecule has 0 spiro atoms. The highest BCUT2D eigenvalue weighted by molar-refractivity contribution is 6.29. The van der Waals surface area contributed by atoms with Gasteiger partial charge < -0.3 is 11.1 Å². The maximum Gasteiger partial charge on any atom is 0.274 e. The lowest BCUT2D eigenvalue weighted by Gasteiger charge is -2.07. The van der Waals surface area contributed by atoms with Crippen LogP contribution in [0.3, 0.4) is 0 Å². The molecule has 3 N–H and O–H groups in total. The molecule has 21 heavy (non-hydrogen) atoms. The van der Waals surface area contributed by atoms with E-state index in [4.69, 9.17) is 17.3 Å². The number of hydrogen-bond acceptors (Lipinski definition) is 5. The highest BCUT2D eigenvalue weighted by Crippen LogP contribution is 2.17. The summed E-state index contributed by atoms with van der Waals surface area (Å²) in [6.45, 7) is 0.0236. The number of amides is 1. The van der Waals surface area contributed by atoms with Crippen LogP contribution >= 0.6 is 11.6 Å². The zero-order chi connectivity index (χ0) is 15.4. The molecule has 1 aromatic carbocycles. The number of nitrogens with two attached hydrogens (primary N) is 1. The predicted molar refractivity (Wildman–Crippen MR) is 77.9 cm³/mol. The molecule has 0 saturated carbocycles. The Balaban J connectivity index is 2.13. The largest absolute Gasteiger partial charge is 0.384 e. The lowest BCUT2D eigenvalue weighted by Crippen LogP contribution is -2.23. The maximum atomic E-state index is 12.0. The smallest absolute Gasteiger partial charge is 0.274 e. The molecule has 1 aromatic heterocycles.